The summed E-state index contributed by atoms with van der Waals surface area (Å²) in [5, 5.41) is 0.715. The SMILES string of the molecule is O=c1[nH]c(=O)n(C2CC2)c2nc(C3CC3)nc(SCc3ccccc3OC(F)F)c12. The van der Waals surface area contributed by atoms with Gasteiger partial charge in [-0.1, -0.05) is 18.2 Å². The van der Waals surface area contributed by atoms with E-state index in [4.69, 9.17) is 0 Å². The molecule has 1 N–H and O–H groups in total. The predicted molar refractivity (Wildman–Crippen MR) is 107 cm³/mol. The van der Waals surface area contributed by atoms with Gasteiger partial charge in [0.1, 0.15) is 22.0 Å². The summed E-state index contributed by atoms with van der Waals surface area (Å²) in [6.45, 7) is -2.92. The first-order valence-electron chi connectivity index (χ1n) is 9.73. The summed E-state index contributed by atoms with van der Waals surface area (Å²) in [5.74, 6) is 1.22. The monoisotopic (exact) mass is 432 g/mol. The average Bonchev–Trinajstić information content (AvgIpc) is 3.60. The molecule has 3 aromatic rings. The van der Waals surface area contributed by atoms with E-state index < -0.39 is 17.9 Å². The van der Waals surface area contributed by atoms with Crippen LogP contribution in [0, 0.1) is 0 Å². The molecule has 2 fully saturated rings. The lowest BCUT2D eigenvalue weighted by molar-refractivity contribution is -0.0503. The average molecular weight is 432 g/mol. The Bertz CT molecular complexity index is 1230. The molecule has 0 bridgehead atoms. The minimum Gasteiger partial charge on any atom is -0.435 e. The zero-order valence-corrected chi connectivity index (χ0v) is 16.6. The van der Waals surface area contributed by atoms with Crippen molar-refractivity contribution in [3.8, 4) is 5.75 Å². The van der Waals surface area contributed by atoms with Crippen LogP contribution in [0.3, 0.4) is 0 Å². The van der Waals surface area contributed by atoms with E-state index in [-0.39, 0.29) is 28.8 Å². The van der Waals surface area contributed by atoms with Crippen molar-refractivity contribution in [3.63, 3.8) is 0 Å². The number of fused-ring (bicyclic) bond motifs is 1. The maximum atomic E-state index is 12.7. The highest BCUT2D eigenvalue weighted by Crippen LogP contribution is 2.41. The molecule has 0 spiro atoms. The molecule has 7 nitrogen and oxygen atoms in total. The molecule has 0 saturated heterocycles. The third-order valence-corrected chi connectivity index (χ3v) is 6.20. The predicted octanol–water partition coefficient (Wildman–Crippen LogP) is 3.59. The van der Waals surface area contributed by atoms with E-state index in [1.807, 2.05) is 0 Å². The van der Waals surface area contributed by atoms with Gasteiger partial charge in [-0.3, -0.25) is 14.3 Å². The Hall–Kier alpha value is -2.75. The van der Waals surface area contributed by atoms with Gasteiger partial charge in [0.05, 0.1) is 0 Å². The van der Waals surface area contributed by atoms with Crippen LogP contribution in [0.15, 0.2) is 38.9 Å². The van der Waals surface area contributed by atoms with Crippen LogP contribution >= 0.6 is 11.8 Å². The molecule has 0 atom stereocenters. The van der Waals surface area contributed by atoms with Gasteiger partial charge in [0.25, 0.3) is 5.56 Å². The fourth-order valence-electron chi connectivity index (χ4n) is 3.41. The van der Waals surface area contributed by atoms with E-state index in [1.165, 1.54) is 17.8 Å². The molecule has 0 amide bonds. The van der Waals surface area contributed by atoms with Crippen molar-refractivity contribution >= 4 is 22.8 Å². The highest BCUT2D eigenvalue weighted by molar-refractivity contribution is 7.98. The normalized spacial score (nSPS) is 16.4. The summed E-state index contributed by atoms with van der Waals surface area (Å²) in [5.41, 5.74) is -0.0619. The van der Waals surface area contributed by atoms with E-state index in [0.29, 0.717) is 22.1 Å². The maximum absolute atomic E-state index is 12.7. The lowest BCUT2D eigenvalue weighted by Gasteiger charge is -2.13. The second-order valence-corrected chi connectivity index (χ2v) is 8.46. The zero-order valence-electron chi connectivity index (χ0n) is 15.8. The quantitative estimate of drug-likeness (QED) is 0.453. The maximum Gasteiger partial charge on any atom is 0.387 e. The van der Waals surface area contributed by atoms with Crippen LogP contribution in [-0.4, -0.2) is 26.1 Å². The number of H-pyrrole nitrogens is 1. The number of para-hydroxylation sites is 1. The molecule has 10 heteroatoms. The van der Waals surface area contributed by atoms with Gasteiger partial charge >= 0.3 is 12.3 Å². The Labute approximate surface area is 173 Å². The van der Waals surface area contributed by atoms with Crippen LogP contribution in [0.2, 0.25) is 0 Å². The van der Waals surface area contributed by atoms with Crippen molar-refractivity contribution in [3.05, 3.63) is 56.5 Å². The van der Waals surface area contributed by atoms with Crippen molar-refractivity contribution in [2.24, 2.45) is 0 Å². The molecule has 2 aliphatic carbocycles. The first-order chi connectivity index (χ1) is 14.5. The van der Waals surface area contributed by atoms with Gasteiger partial charge in [-0.25, -0.2) is 14.8 Å². The fourth-order valence-corrected chi connectivity index (χ4v) is 4.43. The van der Waals surface area contributed by atoms with Crippen LogP contribution < -0.4 is 16.0 Å². The van der Waals surface area contributed by atoms with Gasteiger partial charge < -0.3 is 4.74 Å². The number of aromatic amines is 1. The van der Waals surface area contributed by atoms with Crippen molar-refractivity contribution in [2.75, 3.05) is 0 Å². The highest BCUT2D eigenvalue weighted by Gasteiger charge is 2.32. The number of ether oxygens (including phenoxy) is 1. The fraction of sp³-hybridized carbons (Fsp3) is 0.400. The second kappa shape index (κ2) is 7.50. The van der Waals surface area contributed by atoms with Gasteiger partial charge in [-0.15, -0.1) is 11.8 Å². The van der Waals surface area contributed by atoms with Gasteiger partial charge in [-0.2, -0.15) is 8.78 Å². The van der Waals surface area contributed by atoms with Crippen molar-refractivity contribution in [1.29, 1.82) is 0 Å². The Morgan fingerprint density at radius 2 is 1.93 bits per heavy atom. The molecular formula is C20H18F2N4O3S. The van der Waals surface area contributed by atoms with Crippen LogP contribution in [-0.2, 0) is 5.75 Å². The molecule has 0 radical (unpaired) electrons. The number of benzene rings is 1. The Balaban J connectivity index is 1.58. The van der Waals surface area contributed by atoms with Crippen LogP contribution in [0.1, 0.15) is 49.0 Å². The minimum atomic E-state index is -2.92. The molecular weight excluding hydrogens is 414 g/mol. The zero-order chi connectivity index (χ0) is 20.8. The number of aromatic nitrogens is 4. The first-order valence-corrected chi connectivity index (χ1v) is 10.7. The molecule has 0 unspecified atom stereocenters. The molecule has 2 aliphatic rings. The summed E-state index contributed by atoms with van der Waals surface area (Å²) in [6, 6.07) is 6.57. The third-order valence-electron chi connectivity index (χ3n) is 5.18. The summed E-state index contributed by atoms with van der Waals surface area (Å²) < 4.78 is 31.6. The first kappa shape index (κ1) is 19.2. The summed E-state index contributed by atoms with van der Waals surface area (Å²) in [4.78, 5) is 36.6. The van der Waals surface area contributed by atoms with Crippen LogP contribution in [0.5, 0.6) is 5.75 Å². The molecule has 2 aromatic heterocycles. The van der Waals surface area contributed by atoms with Gasteiger partial charge in [-0.05, 0) is 31.7 Å². The summed E-state index contributed by atoms with van der Waals surface area (Å²) in [6.07, 6.45) is 3.67. The topological polar surface area (TPSA) is 89.9 Å². The Morgan fingerprint density at radius 1 is 1.17 bits per heavy atom. The van der Waals surface area contributed by atoms with E-state index >= 15 is 0 Å². The number of rotatable bonds is 7. The van der Waals surface area contributed by atoms with Gasteiger partial charge in [0.15, 0.2) is 5.65 Å². The number of halogens is 2. The Kier molecular flexibility index (Phi) is 4.80. The largest absolute Gasteiger partial charge is 0.435 e. The Morgan fingerprint density at radius 3 is 2.63 bits per heavy atom. The highest BCUT2D eigenvalue weighted by atomic mass is 32.2. The number of nitrogens with zero attached hydrogens (tertiary/aromatic N) is 3. The number of alkyl halides is 2. The van der Waals surface area contributed by atoms with Crippen LogP contribution in [0.25, 0.3) is 11.0 Å². The smallest absolute Gasteiger partial charge is 0.387 e. The minimum absolute atomic E-state index is 0.0387. The number of hydrogen-bond acceptors (Lipinski definition) is 6. The second-order valence-electron chi connectivity index (χ2n) is 7.50. The van der Waals surface area contributed by atoms with Crippen LogP contribution in [0.4, 0.5) is 8.78 Å². The van der Waals surface area contributed by atoms with Gasteiger partial charge in [0, 0.05) is 23.3 Å². The number of thioether (sulfide) groups is 1. The van der Waals surface area contributed by atoms with Crippen molar-refractivity contribution in [1.82, 2.24) is 19.5 Å². The molecule has 2 saturated carbocycles. The molecule has 30 heavy (non-hydrogen) atoms. The van der Waals surface area contributed by atoms with E-state index in [0.717, 1.165) is 25.7 Å². The molecule has 5 rings (SSSR count). The number of nitrogens with one attached hydrogen (secondary N) is 1. The molecule has 1 aromatic carbocycles. The summed E-state index contributed by atoms with van der Waals surface area (Å²) >= 11 is 1.25. The molecule has 2 heterocycles. The van der Waals surface area contributed by atoms with Gasteiger partial charge in [0.2, 0.25) is 0 Å². The molecule has 0 aliphatic heterocycles. The lowest BCUT2D eigenvalue weighted by Crippen LogP contribution is -2.31. The molecule has 156 valence electrons. The number of hydrogen-bond donors (Lipinski definition) is 1. The van der Waals surface area contributed by atoms with E-state index in [1.54, 1.807) is 22.8 Å². The standard InChI is InChI=1S/C20H18F2N4O3S/c21-19(22)29-13-4-2-1-3-11(13)9-30-18-14-16(23-15(24-18)10-5-6-10)26(12-7-8-12)20(28)25-17(14)27/h1-4,10,12,19H,5-9H2,(H,25,27,28). The van der Waals surface area contributed by atoms with Crippen molar-refractivity contribution < 1.29 is 13.5 Å². The summed E-state index contributed by atoms with van der Waals surface area (Å²) in [7, 11) is 0. The lowest BCUT2D eigenvalue weighted by atomic mass is 10.2. The van der Waals surface area contributed by atoms with Crippen molar-refractivity contribution in [2.45, 2.75) is 55.0 Å². The third kappa shape index (κ3) is 3.71. The van der Waals surface area contributed by atoms with E-state index in [9.17, 15) is 18.4 Å². The van der Waals surface area contributed by atoms with E-state index in [2.05, 4.69) is 19.7 Å².